The minimum Gasteiger partial charge on any atom is -0.383 e. The third-order valence-electron chi connectivity index (χ3n) is 7.95. The van der Waals surface area contributed by atoms with Crippen LogP contribution in [0.15, 0.2) is 48.8 Å². The van der Waals surface area contributed by atoms with Crippen LogP contribution in [0.5, 0.6) is 0 Å². The number of hydrogen-bond acceptors (Lipinski definition) is 7. The molecule has 0 unspecified atom stereocenters. The topological polar surface area (TPSA) is 94.7 Å². The molecule has 2 N–H and O–H groups in total. The second-order valence-electron chi connectivity index (χ2n) is 12.5. The Kier molecular flexibility index (Phi) is 7.66. The minimum absolute atomic E-state index is 0.0206. The molecule has 2 aliphatic rings. The SMILES string of the molecule is [2H][C@@](Nc1cc(Cl)c2ncc(C#N)c(NCC(C)(C)C)c2c1)(c1ccc(Cl)cc1)c1cn(C2CCN(C3CC3)CC2)nn1. The van der Waals surface area contributed by atoms with Gasteiger partial charge >= 0.3 is 0 Å². The maximum Gasteiger partial charge on any atom is 0.109 e. The van der Waals surface area contributed by atoms with Crippen LogP contribution in [0.1, 0.15) is 76.7 Å². The molecule has 1 saturated heterocycles. The van der Waals surface area contributed by atoms with Gasteiger partial charge in [-0.15, -0.1) is 5.10 Å². The molecule has 0 bridgehead atoms. The first-order chi connectivity index (χ1) is 20.5. The highest BCUT2D eigenvalue weighted by Crippen LogP contribution is 2.37. The van der Waals surface area contributed by atoms with Gasteiger partial charge in [-0.3, -0.25) is 4.98 Å². The van der Waals surface area contributed by atoms with E-state index in [0.29, 0.717) is 55.7 Å². The van der Waals surface area contributed by atoms with Crippen molar-refractivity contribution >= 4 is 45.5 Å². The van der Waals surface area contributed by atoms with Crippen molar-refractivity contribution in [3.8, 4) is 6.07 Å². The Bertz CT molecular complexity index is 1660. The van der Waals surface area contributed by atoms with Gasteiger partial charge in [-0.2, -0.15) is 5.26 Å². The van der Waals surface area contributed by atoms with Gasteiger partial charge in [0.2, 0.25) is 0 Å². The molecule has 10 heteroatoms. The fourth-order valence-electron chi connectivity index (χ4n) is 5.53. The second-order valence-corrected chi connectivity index (χ2v) is 13.4. The highest BCUT2D eigenvalue weighted by molar-refractivity contribution is 6.36. The highest BCUT2D eigenvalue weighted by atomic mass is 35.5. The first-order valence-corrected chi connectivity index (χ1v) is 15.3. The van der Waals surface area contributed by atoms with Crippen LogP contribution in [-0.2, 0) is 0 Å². The third kappa shape index (κ3) is 6.34. The van der Waals surface area contributed by atoms with E-state index in [1.807, 2.05) is 29.1 Å². The number of fused-ring (bicyclic) bond motifs is 1. The molecule has 1 saturated carbocycles. The summed E-state index contributed by atoms with van der Waals surface area (Å²) in [4.78, 5) is 7.06. The fraction of sp³-hybridized carbons (Fsp3) is 0.438. The van der Waals surface area contributed by atoms with Gasteiger partial charge in [-0.05, 0) is 60.9 Å². The molecule has 2 fully saturated rings. The lowest BCUT2D eigenvalue weighted by atomic mass is 9.96. The summed E-state index contributed by atoms with van der Waals surface area (Å²) >= 11 is 13.0. The molecule has 2 aromatic carbocycles. The lowest BCUT2D eigenvalue weighted by molar-refractivity contribution is 0.171. The average Bonchev–Trinajstić information content (AvgIpc) is 3.71. The number of hydrogen-bond donors (Lipinski definition) is 2. The lowest BCUT2D eigenvalue weighted by Crippen LogP contribution is -2.36. The molecule has 1 aliphatic carbocycles. The van der Waals surface area contributed by atoms with Gasteiger partial charge in [0, 0.05) is 48.0 Å². The summed E-state index contributed by atoms with van der Waals surface area (Å²) in [5.74, 6) is 0. The molecular weight excluding hydrogens is 567 g/mol. The summed E-state index contributed by atoms with van der Waals surface area (Å²) in [5, 5.41) is 27.4. The van der Waals surface area contributed by atoms with Crippen LogP contribution in [0, 0.1) is 16.7 Å². The summed E-state index contributed by atoms with van der Waals surface area (Å²) in [5.41, 5.74) is 3.35. The van der Waals surface area contributed by atoms with Crippen molar-refractivity contribution in [1.82, 2.24) is 24.9 Å². The Morgan fingerprint density at radius 3 is 2.50 bits per heavy atom. The number of piperidine rings is 1. The summed E-state index contributed by atoms with van der Waals surface area (Å²) in [7, 11) is 0. The Balaban J connectivity index is 1.37. The van der Waals surface area contributed by atoms with E-state index in [4.69, 9.17) is 23.2 Å². The summed E-state index contributed by atoms with van der Waals surface area (Å²) in [6.45, 7) is 9.14. The van der Waals surface area contributed by atoms with Crippen LogP contribution in [0.2, 0.25) is 10.0 Å². The molecule has 6 rings (SSSR count). The van der Waals surface area contributed by atoms with Crippen LogP contribution in [0.25, 0.3) is 10.9 Å². The molecular formula is C32H36Cl2N8. The molecule has 1 atom stereocenters. The monoisotopic (exact) mass is 603 g/mol. The van der Waals surface area contributed by atoms with Crippen LogP contribution in [-0.4, -0.2) is 50.6 Å². The van der Waals surface area contributed by atoms with E-state index in [2.05, 4.69) is 57.7 Å². The largest absolute Gasteiger partial charge is 0.383 e. The number of anilines is 2. The van der Waals surface area contributed by atoms with Crippen molar-refractivity contribution in [3.63, 3.8) is 0 Å². The molecule has 0 spiro atoms. The fourth-order valence-corrected chi connectivity index (χ4v) is 5.92. The zero-order valence-electron chi connectivity index (χ0n) is 25.2. The second kappa shape index (κ2) is 11.7. The molecule has 218 valence electrons. The number of benzene rings is 2. The van der Waals surface area contributed by atoms with Crippen LogP contribution < -0.4 is 10.6 Å². The van der Waals surface area contributed by atoms with Crippen molar-refractivity contribution in [1.29, 1.82) is 5.26 Å². The van der Waals surface area contributed by atoms with E-state index in [1.54, 1.807) is 24.4 Å². The Hall–Kier alpha value is -3.38. The van der Waals surface area contributed by atoms with Gasteiger partial charge in [0.1, 0.15) is 11.8 Å². The molecule has 42 heavy (non-hydrogen) atoms. The number of nitrogens with zero attached hydrogens (tertiary/aromatic N) is 6. The van der Waals surface area contributed by atoms with Gasteiger partial charge in [-0.1, -0.05) is 61.3 Å². The van der Waals surface area contributed by atoms with E-state index in [9.17, 15) is 6.63 Å². The smallest absolute Gasteiger partial charge is 0.109 e. The van der Waals surface area contributed by atoms with Crippen LogP contribution in [0.4, 0.5) is 11.4 Å². The van der Waals surface area contributed by atoms with Gasteiger partial charge in [0.15, 0.2) is 0 Å². The molecule has 1 aliphatic heterocycles. The first-order valence-electron chi connectivity index (χ1n) is 15.0. The number of rotatable bonds is 8. The number of pyridine rings is 1. The zero-order chi connectivity index (χ0) is 30.4. The summed E-state index contributed by atoms with van der Waals surface area (Å²) < 4.78 is 11.7. The molecule has 0 amide bonds. The first kappa shape index (κ1) is 27.5. The van der Waals surface area contributed by atoms with Gasteiger partial charge in [0.25, 0.3) is 0 Å². The quantitative estimate of drug-likeness (QED) is 0.216. The average molecular weight is 605 g/mol. The van der Waals surface area contributed by atoms with E-state index in [-0.39, 0.29) is 11.5 Å². The van der Waals surface area contributed by atoms with Gasteiger partial charge < -0.3 is 15.5 Å². The number of nitrogens with one attached hydrogen (secondary N) is 2. The maximum absolute atomic E-state index is 9.87. The molecule has 8 nitrogen and oxygen atoms in total. The summed E-state index contributed by atoms with van der Waals surface area (Å²) in [6, 6.07) is 12.6. The summed E-state index contributed by atoms with van der Waals surface area (Å²) in [6.07, 6.45) is 8.08. The highest BCUT2D eigenvalue weighted by Gasteiger charge is 2.33. The predicted molar refractivity (Wildman–Crippen MR) is 169 cm³/mol. The Morgan fingerprint density at radius 1 is 1.10 bits per heavy atom. The minimum atomic E-state index is -1.51. The molecule has 2 aromatic heterocycles. The molecule has 3 heterocycles. The van der Waals surface area contributed by atoms with Gasteiger partial charge in [-0.25, -0.2) is 4.68 Å². The third-order valence-corrected chi connectivity index (χ3v) is 8.49. The molecule has 4 aromatic rings. The lowest BCUT2D eigenvalue weighted by Gasteiger charge is -2.31. The predicted octanol–water partition coefficient (Wildman–Crippen LogP) is 7.46. The van der Waals surface area contributed by atoms with E-state index >= 15 is 0 Å². The van der Waals surface area contributed by atoms with Crippen molar-refractivity contribution in [2.45, 2.75) is 64.6 Å². The Labute approximate surface area is 258 Å². The van der Waals surface area contributed by atoms with Crippen LogP contribution in [0.3, 0.4) is 0 Å². The number of aromatic nitrogens is 4. The van der Waals surface area contributed by atoms with Gasteiger partial charge in [0.05, 0.1) is 41.4 Å². The van der Waals surface area contributed by atoms with Crippen molar-refractivity contribution < 1.29 is 1.37 Å². The number of likely N-dealkylation sites (tertiary alicyclic amines) is 1. The van der Waals surface area contributed by atoms with E-state index < -0.39 is 6.02 Å². The van der Waals surface area contributed by atoms with Crippen molar-refractivity contribution in [2.24, 2.45) is 5.41 Å². The van der Waals surface area contributed by atoms with Crippen molar-refractivity contribution in [2.75, 3.05) is 30.3 Å². The van der Waals surface area contributed by atoms with Crippen LogP contribution >= 0.6 is 23.2 Å². The normalized spacial score (nSPS) is 18.3. The van der Waals surface area contributed by atoms with E-state index in [1.165, 1.54) is 12.8 Å². The molecule has 0 radical (unpaired) electrons. The van der Waals surface area contributed by atoms with Crippen molar-refractivity contribution in [3.05, 3.63) is 75.7 Å². The number of halogens is 2. The number of nitriles is 1. The standard InChI is InChI=1S/C32H36Cl2N8/c1-32(2,3)19-37-29-21(16-35)17-36-31-26(29)14-23(15-27(31)34)38-30(20-4-6-22(33)7-5-20)28-18-42(40-39-28)25-10-12-41(13-11-25)24-8-9-24/h4-7,14-15,17-18,24-25,30,38H,8-13,19H2,1-3H3,(H,36,37)/t30-/m1/s1/i30D. The Morgan fingerprint density at radius 2 is 1.83 bits per heavy atom. The van der Waals surface area contributed by atoms with E-state index in [0.717, 1.165) is 32.0 Å². The maximum atomic E-state index is 9.87. The zero-order valence-corrected chi connectivity index (χ0v) is 25.7.